The van der Waals surface area contributed by atoms with Gasteiger partial charge in [-0.3, -0.25) is 0 Å². The summed E-state index contributed by atoms with van der Waals surface area (Å²) in [4.78, 5) is 18.7. The van der Waals surface area contributed by atoms with Gasteiger partial charge in [-0.25, -0.2) is 9.78 Å². The minimum Gasteiger partial charge on any atom is -0.497 e. The largest absolute Gasteiger partial charge is 0.497 e. The Bertz CT molecular complexity index is 1050. The van der Waals surface area contributed by atoms with Crippen LogP contribution in [-0.4, -0.2) is 36.3 Å². The minimum absolute atomic E-state index is 0.422. The van der Waals surface area contributed by atoms with E-state index in [0.29, 0.717) is 30.0 Å². The van der Waals surface area contributed by atoms with Crippen molar-refractivity contribution in [3.63, 3.8) is 0 Å². The van der Waals surface area contributed by atoms with Gasteiger partial charge in [0.05, 0.1) is 19.9 Å². The zero-order valence-corrected chi connectivity index (χ0v) is 16.1. The van der Waals surface area contributed by atoms with Gasteiger partial charge in [0, 0.05) is 35.7 Å². The van der Waals surface area contributed by atoms with Crippen LogP contribution in [0, 0.1) is 6.92 Å². The van der Waals surface area contributed by atoms with E-state index in [1.54, 1.807) is 20.3 Å². The first-order valence-electron chi connectivity index (χ1n) is 9.12. The van der Waals surface area contributed by atoms with Crippen LogP contribution in [0.2, 0.25) is 0 Å². The summed E-state index contributed by atoms with van der Waals surface area (Å²) in [6.45, 7) is 2.43. The normalized spacial score (nSPS) is 15.5. The molecule has 144 valence electrons. The molecule has 1 aromatic heterocycles. The lowest BCUT2D eigenvalue weighted by Gasteiger charge is -2.26. The standard InChI is InChI=1S/C22H22N2O4/c1-13-16-11-18(22(25)26)24(12-14-7-5-4-6-8-14)21(16)17-9-15(27-2)10-19(28-3)20(17)23-13/h4-10,18H,11-12H2,1-3H3,(H,25,26). The lowest BCUT2D eigenvalue weighted by Crippen LogP contribution is -2.38. The Morgan fingerprint density at radius 3 is 2.61 bits per heavy atom. The number of hydrogen-bond donors (Lipinski definition) is 1. The summed E-state index contributed by atoms with van der Waals surface area (Å²) < 4.78 is 11.0. The minimum atomic E-state index is -0.838. The van der Waals surface area contributed by atoms with E-state index < -0.39 is 12.0 Å². The molecular weight excluding hydrogens is 356 g/mol. The summed E-state index contributed by atoms with van der Waals surface area (Å²) in [6.07, 6.45) is 0.422. The molecular formula is C22H22N2O4. The fraction of sp³-hybridized carbons (Fsp3) is 0.273. The molecule has 3 aromatic rings. The first-order valence-corrected chi connectivity index (χ1v) is 9.12. The number of benzene rings is 2. The van der Waals surface area contributed by atoms with Gasteiger partial charge in [0.15, 0.2) is 0 Å². The van der Waals surface area contributed by atoms with Crippen molar-refractivity contribution in [1.82, 2.24) is 4.98 Å². The molecule has 0 bridgehead atoms. The van der Waals surface area contributed by atoms with Crippen LogP contribution in [0.25, 0.3) is 10.9 Å². The van der Waals surface area contributed by atoms with E-state index in [0.717, 1.165) is 27.9 Å². The lowest BCUT2D eigenvalue weighted by atomic mass is 10.0. The molecule has 1 atom stereocenters. The number of fused-ring (bicyclic) bond motifs is 3. The van der Waals surface area contributed by atoms with Crippen molar-refractivity contribution in [2.75, 3.05) is 19.1 Å². The van der Waals surface area contributed by atoms with Crippen molar-refractivity contribution in [3.8, 4) is 11.5 Å². The third-order valence-corrected chi connectivity index (χ3v) is 5.30. The first kappa shape index (κ1) is 18.1. The summed E-state index contributed by atoms with van der Waals surface area (Å²) in [7, 11) is 3.20. The molecule has 1 unspecified atom stereocenters. The molecule has 0 radical (unpaired) electrons. The fourth-order valence-corrected chi connectivity index (χ4v) is 3.94. The molecule has 0 amide bonds. The van der Waals surface area contributed by atoms with Gasteiger partial charge in [-0.2, -0.15) is 0 Å². The molecule has 0 aliphatic carbocycles. The highest BCUT2D eigenvalue weighted by molar-refractivity contribution is 6.01. The monoisotopic (exact) mass is 378 g/mol. The van der Waals surface area contributed by atoms with Crippen LogP contribution in [0.5, 0.6) is 11.5 Å². The number of aromatic nitrogens is 1. The Morgan fingerprint density at radius 1 is 1.21 bits per heavy atom. The van der Waals surface area contributed by atoms with E-state index in [1.165, 1.54) is 0 Å². The van der Waals surface area contributed by atoms with Gasteiger partial charge in [0.2, 0.25) is 0 Å². The SMILES string of the molecule is COc1cc(OC)c2nc(C)c3c(c2c1)N(Cc1ccccc1)C(C(=O)O)C3. The van der Waals surface area contributed by atoms with E-state index in [9.17, 15) is 9.90 Å². The predicted octanol–water partition coefficient (Wildman–Crippen LogP) is 3.58. The zero-order chi connectivity index (χ0) is 19.8. The van der Waals surface area contributed by atoms with E-state index >= 15 is 0 Å². The van der Waals surface area contributed by atoms with Gasteiger partial charge in [0.25, 0.3) is 0 Å². The second kappa shape index (κ2) is 7.03. The maximum absolute atomic E-state index is 12.1. The molecule has 0 saturated heterocycles. The zero-order valence-electron chi connectivity index (χ0n) is 16.1. The highest BCUT2D eigenvalue weighted by Gasteiger charge is 2.37. The smallest absolute Gasteiger partial charge is 0.326 e. The highest BCUT2D eigenvalue weighted by Crippen LogP contribution is 2.44. The molecule has 1 aliphatic rings. The van der Waals surface area contributed by atoms with Gasteiger partial charge < -0.3 is 19.5 Å². The number of carbonyl (C=O) groups is 1. The van der Waals surface area contributed by atoms with Gasteiger partial charge in [-0.1, -0.05) is 30.3 Å². The highest BCUT2D eigenvalue weighted by atomic mass is 16.5. The number of anilines is 1. The maximum atomic E-state index is 12.1. The van der Waals surface area contributed by atoms with Gasteiger partial charge in [-0.15, -0.1) is 0 Å². The molecule has 6 heteroatoms. The number of methoxy groups -OCH3 is 2. The van der Waals surface area contributed by atoms with Crippen LogP contribution in [0.4, 0.5) is 5.69 Å². The summed E-state index contributed by atoms with van der Waals surface area (Å²) in [6, 6.07) is 13.0. The number of rotatable bonds is 5. The third-order valence-electron chi connectivity index (χ3n) is 5.30. The maximum Gasteiger partial charge on any atom is 0.326 e. The quantitative estimate of drug-likeness (QED) is 0.732. The second-order valence-electron chi connectivity index (χ2n) is 6.92. The lowest BCUT2D eigenvalue weighted by molar-refractivity contribution is -0.138. The molecule has 1 aliphatic heterocycles. The van der Waals surface area contributed by atoms with Gasteiger partial charge in [-0.05, 0) is 18.6 Å². The molecule has 28 heavy (non-hydrogen) atoms. The van der Waals surface area contributed by atoms with Crippen LogP contribution < -0.4 is 14.4 Å². The number of aryl methyl sites for hydroxylation is 1. The number of pyridine rings is 1. The number of carboxylic acid groups (broad SMARTS) is 1. The number of hydrogen-bond acceptors (Lipinski definition) is 5. The van der Waals surface area contributed by atoms with Gasteiger partial charge >= 0.3 is 5.97 Å². The van der Waals surface area contributed by atoms with Crippen molar-refractivity contribution in [3.05, 3.63) is 59.3 Å². The molecule has 0 spiro atoms. The number of nitrogens with zero attached hydrogens (tertiary/aromatic N) is 2. The average Bonchev–Trinajstić information content (AvgIpc) is 3.09. The predicted molar refractivity (Wildman–Crippen MR) is 107 cm³/mol. The molecule has 6 nitrogen and oxygen atoms in total. The van der Waals surface area contributed by atoms with E-state index in [2.05, 4.69) is 0 Å². The van der Waals surface area contributed by atoms with Crippen LogP contribution in [-0.2, 0) is 17.8 Å². The van der Waals surface area contributed by atoms with Crippen LogP contribution in [0.3, 0.4) is 0 Å². The van der Waals surface area contributed by atoms with Crippen molar-refractivity contribution in [2.45, 2.75) is 25.9 Å². The third kappa shape index (κ3) is 2.91. The van der Waals surface area contributed by atoms with Crippen molar-refractivity contribution in [1.29, 1.82) is 0 Å². The fourth-order valence-electron chi connectivity index (χ4n) is 3.94. The Labute approximate surface area is 163 Å². The van der Waals surface area contributed by atoms with Crippen LogP contribution in [0.15, 0.2) is 42.5 Å². The summed E-state index contributed by atoms with van der Waals surface area (Å²) in [5.74, 6) is 0.420. The summed E-state index contributed by atoms with van der Waals surface area (Å²) in [5, 5.41) is 10.7. The number of aliphatic carboxylic acids is 1. The molecule has 2 aromatic carbocycles. The topological polar surface area (TPSA) is 71.9 Å². The van der Waals surface area contributed by atoms with Crippen LogP contribution >= 0.6 is 0 Å². The molecule has 1 N–H and O–H groups in total. The van der Waals surface area contributed by atoms with Gasteiger partial charge in [0.1, 0.15) is 23.1 Å². The van der Waals surface area contributed by atoms with E-state index in [4.69, 9.17) is 14.5 Å². The Balaban J connectivity index is 1.97. The molecule has 0 saturated carbocycles. The number of ether oxygens (including phenoxy) is 2. The van der Waals surface area contributed by atoms with E-state index in [1.807, 2.05) is 48.2 Å². The summed E-state index contributed by atoms with van der Waals surface area (Å²) in [5.41, 5.74) is 4.46. The van der Waals surface area contributed by atoms with Crippen LogP contribution in [0.1, 0.15) is 16.8 Å². The second-order valence-corrected chi connectivity index (χ2v) is 6.92. The van der Waals surface area contributed by atoms with Crippen molar-refractivity contribution >= 4 is 22.6 Å². The Morgan fingerprint density at radius 2 is 1.96 bits per heavy atom. The molecule has 2 heterocycles. The van der Waals surface area contributed by atoms with Crippen molar-refractivity contribution in [2.24, 2.45) is 0 Å². The van der Waals surface area contributed by atoms with E-state index in [-0.39, 0.29) is 0 Å². The first-order chi connectivity index (χ1) is 13.5. The Hall–Kier alpha value is -3.28. The number of carboxylic acids is 1. The molecule has 4 rings (SSSR count). The average molecular weight is 378 g/mol. The Kier molecular flexibility index (Phi) is 4.55. The summed E-state index contributed by atoms with van der Waals surface area (Å²) >= 11 is 0. The molecule has 0 fully saturated rings. The van der Waals surface area contributed by atoms with Crippen molar-refractivity contribution < 1.29 is 19.4 Å².